The molecule has 1 saturated heterocycles. The molecular weight excluding hydrogens is 124 g/mol. The second-order valence-corrected chi connectivity index (χ2v) is 2.54. The van der Waals surface area contributed by atoms with Gasteiger partial charge in [0.1, 0.15) is 5.84 Å². The Hall–Kier alpha value is -0.220. The molecule has 0 aromatic heterocycles. The van der Waals surface area contributed by atoms with E-state index in [1.165, 1.54) is 11.8 Å². The molecule has 0 amide bonds. The molecule has 0 bridgehead atoms. The molecule has 1 aliphatic heterocycles. The van der Waals surface area contributed by atoms with Gasteiger partial charge >= 0.3 is 0 Å². The highest BCUT2D eigenvalue weighted by Crippen LogP contribution is 2.17. The van der Waals surface area contributed by atoms with Crippen LogP contribution < -0.4 is 5.32 Å². The summed E-state index contributed by atoms with van der Waals surface area (Å²) in [6.45, 7) is 0.785. The van der Waals surface area contributed by atoms with E-state index in [4.69, 9.17) is 10.5 Å². The number of aliphatic hydroxyl groups is 1. The molecule has 45 valence electrons. The summed E-state index contributed by atoms with van der Waals surface area (Å²) in [6, 6.07) is 0. The SMILES string of the molecule is N=C1NCCS[C]1O. The van der Waals surface area contributed by atoms with Gasteiger partial charge in [0.15, 0.2) is 0 Å². The van der Waals surface area contributed by atoms with Crippen molar-refractivity contribution in [2.75, 3.05) is 12.3 Å². The van der Waals surface area contributed by atoms with Crippen LogP contribution in [0.2, 0.25) is 0 Å². The predicted molar refractivity (Wildman–Crippen MR) is 33.4 cm³/mol. The summed E-state index contributed by atoms with van der Waals surface area (Å²) in [5.41, 5.74) is 0.108. The molecule has 0 atom stereocenters. The zero-order valence-corrected chi connectivity index (χ0v) is 5.09. The lowest BCUT2D eigenvalue weighted by Crippen LogP contribution is -2.33. The molecule has 1 aliphatic rings. The summed E-state index contributed by atoms with van der Waals surface area (Å²) in [5.74, 6) is 1.01. The molecule has 4 heteroatoms. The first kappa shape index (κ1) is 5.91. The first-order chi connectivity index (χ1) is 3.80. The van der Waals surface area contributed by atoms with Crippen molar-refractivity contribution in [2.45, 2.75) is 0 Å². The van der Waals surface area contributed by atoms with Crippen LogP contribution in [0.15, 0.2) is 0 Å². The molecule has 0 saturated carbocycles. The third kappa shape index (κ3) is 1.14. The van der Waals surface area contributed by atoms with E-state index in [1.54, 1.807) is 0 Å². The van der Waals surface area contributed by atoms with Crippen molar-refractivity contribution < 1.29 is 5.11 Å². The second kappa shape index (κ2) is 2.37. The first-order valence-corrected chi connectivity index (χ1v) is 3.31. The van der Waals surface area contributed by atoms with Crippen molar-refractivity contribution in [3.8, 4) is 0 Å². The van der Waals surface area contributed by atoms with Crippen LogP contribution in [-0.2, 0) is 0 Å². The molecule has 0 unspecified atom stereocenters. The van der Waals surface area contributed by atoms with Crippen LogP contribution in [0.1, 0.15) is 0 Å². The summed E-state index contributed by atoms with van der Waals surface area (Å²) >= 11 is 1.31. The number of hydrogen-bond donors (Lipinski definition) is 3. The zero-order valence-electron chi connectivity index (χ0n) is 4.27. The predicted octanol–water partition coefficient (Wildman–Crippen LogP) is 0.162. The van der Waals surface area contributed by atoms with E-state index in [2.05, 4.69) is 5.32 Å². The zero-order chi connectivity index (χ0) is 5.98. The molecule has 0 aromatic rings. The quantitative estimate of drug-likeness (QED) is 0.439. The van der Waals surface area contributed by atoms with Crippen LogP contribution in [0.25, 0.3) is 0 Å². The highest BCUT2D eigenvalue weighted by molar-refractivity contribution is 8.02. The lowest BCUT2D eigenvalue weighted by molar-refractivity contribution is 0.404. The molecule has 1 heterocycles. The number of amidine groups is 1. The van der Waals surface area contributed by atoms with Gasteiger partial charge in [-0.1, -0.05) is 0 Å². The Morgan fingerprint density at radius 2 is 2.50 bits per heavy atom. The minimum Gasteiger partial charge on any atom is -0.370 e. The van der Waals surface area contributed by atoms with Crippen molar-refractivity contribution in [1.82, 2.24) is 5.32 Å². The minimum absolute atomic E-state index is 0.108. The number of nitrogens with one attached hydrogen (secondary N) is 2. The fraction of sp³-hybridized carbons (Fsp3) is 0.500. The van der Waals surface area contributed by atoms with E-state index in [9.17, 15) is 0 Å². The Morgan fingerprint density at radius 3 is 2.88 bits per heavy atom. The van der Waals surface area contributed by atoms with Crippen molar-refractivity contribution in [3.63, 3.8) is 0 Å². The van der Waals surface area contributed by atoms with Gasteiger partial charge < -0.3 is 10.4 Å². The van der Waals surface area contributed by atoms with Crippen LogP contribution in [0, 0.1) is 10.8 Å². The van der Waals surface area contributed by atoms with E-state index in [1.807, 2.05) is 0 Å². The van der Waals surface area contributed by atoms with Gasteiger partial charge in [-0.2, -0.15) is 0 Å². The molecule has 1 radical (unpaired) electrons. The number of thioether (sulfide) groups is 1. The average molecular weight is 131 g/mol. The molecule has 0 aromatic carbocycles. The number of rotatable bonds is 0. The smallest absolute Gasteiger partial charge is 0.214 e. The molecule has 3 nitrogen and oxygen atoms in total. The summed E-state index contributed by atoms with van der Waals surface area (Å²) in [6.07, 6.45) is 0. The first-order valence-electron chi connectivity index (χ1n) is 2.32. The summed E-state index contributed by atoms with van der Waals surface area (Å²) in [7, 11) is 0. The number of aliphatic hydroxyl groups excluding tert-OH is 1. The Morgan fingerprint density at radius 1 is 1.75 bits per heavy atom. The van der Waals surface area contributed by atoms with Gasteiger partial charge in [0.2, 0.25) is 5.44 Å². The van der Waals surface area contributed by atoms with Gasteiger partial charge in [0, 0.05) is 12.3 Å². The van der Waals surface area contributed by atoms with Gasteiger partial charge in [-0.3, -0.25) is 5.41 Å². The molecule has 1 rings (SSSR count). The third-order valence-corrected chi connectivity index (χ3v) is 1.74. The Bertz CT molecular complexity index is 106. The summed E-state index contributed by atoms with van der Waals surface area (Å²) in [5, 5.41) is 18.5. The molecular formula is C4H7N2OS. The fourth-order valence-corrected chi connectivity index (χ4v) is 1.09. The largest absolute Gasteiger partial charge is 0.370 e. The van der Waals surface area contributed by atoms with Gasteiger partial charge in [-0.05, 0) is 0 Å². The normalized spacial score (nSPS) is 22.9. The Balaban J connectivity index is 2.39. The standard InChI is InChI=1S/C4H7N2OS/c5-3-4(7)8-2-1-6-3/h7H,1-2H2,(H2,5,6). The topological polar surface area (TPSA) is 56.1 Å². The van der Waals surface area contributed by atoms with Crippen LogP contribution in [-0.4, -0.2) is 23.2 Å². The number of hydrogen-bond acceptors (Lipinski definition) is 3. The van der Waals surface area contributed by atoms with E-state index in [0.717, 1.165) is 12.3 Å². The van der Waals surface area contributed by atoms with E-state index >= 15 is 0 Å². The highest BCUT2D eigenvalue weighted by Gasteiger charge is 2.16. The van der Waals surface area contributed by atoms with Gasteiger partial charge in [0.25, 0.3) is 0 Å². The maximum absolute atomic E-state index is 8.77. The van der Waals surface area contributed by atoms with Crippen molar-refractivity contribution >= 4 is 17.6 Å². The summed E-state index contributed by atoms with van der Waals surface area (Å²) in [4.78, 5) is 0. The summed E-state index contributed by atoms with van der Waals surface area (Å²) < 4.78 is 0. The Kier molecular flexibility index (Phi) is 1.75. The lowest BCUT2D eigenvalue weighted by Gasteiger charge is -2.17. The lowest BCUT2D eigenvalue weighted by atomic mass is 10.6. The van der Waals surface area contributed by atoms with Crippen LogP contribution in [0.3, 0.4) is 0 Å². The van der Waals surface area contributed by atoms with Crippen LogP contribution in [0.4, 0.5) is 0 Å². The molecule has 0 aliphatic carbocycles. The third-order valence-electron chi connectivity index (χ3n) is 0.856. The van der Waals surface area contributed by atoms with E-state index < -0.39 is 0 Å². The maximum Gasteiger partial charge on any atom is 0.214 e. The minimum atomic E-state index is 0.108. The van der Waals surface area contributed by atoms with Crippen molar-refractivity contribution in [2.24, 2.45) is 0 Å². The van der Waals surface area contributed by atoms with Gasteiger partial charge in [-0.25, -0.2) is 0 Å². The van der Waals surface area contributed by atoms with E-state index in [0.29, 0.717) is 0 Å². The van der Waals surface area contributed by atoms with Gasteiger partial charge in [-0.15, -0.1) is 11.8 Å². The van der Waals surface area contributed by atoms with Crippen molar-refractivity contribution in [3.05, 3.63) is 5.44 Å². The monoisotopic (exact) mass is 131 g/mol. The van der Waals surface area contributed by atoms with Gasteiger partial charge in [0.05, 0.1) is 0 Å². The van der Waals surface area contributed by atoms with Crippen molar-refractivity contribution in [1.29, 1.82) is 5.41 Å². The van der Waals surface area contributed by atoms with E-state index in [-0.39, 0.29) is 11.3 Å². The second-order valence-electron chi connectivity index (χ2n) is 1.46. The van der Waals surface area contributed by atoms with Crippen LogP contribution >= 0.6 is 11.8 Å². The molecule has 3 N–H and O–H groups in total. The van der Waals surface area contributed by atoms with Crippen LogP contribution in [0.5, 0.6) is 0 Å². The average Bonchev–Trinajstić information content (AvgIpc) is 1.77. The molecule has 8 heavy (non-hydrogen) atoms. The maximum atomic E-state index is 8.77. The fourth-order valence-electron chi connectivity index (χ4n) is 0.472. The Labute approximate surface area is 52.0 Å². The highest BCUT2D eigenvalue weighted by atomic mass is 32.2. The molecule has 1 fully saturated rings. The molecule has 0 spiro atoms.